The maximum atomic E-state index is 15.5. The van der Waals surface area contributed by atoms with E-state index >= 15 is 4.39 Å². The molecule has 2 atom stereocenters. The smallest absolute Gasteiger partial charge is 0.341 e. The fourth-order valence-electron chi connectivity index (χ4n) is 5.72. The molecule has 2 heterocycles. The molecule has 0 radical (unpaired) electrons. The molecule has 0 amide bonds. The monoisotopic (exact) mass is 436 g/mol. The number of benzene rings is 1. The van der Waals surface area contributed by atoms with Crippen molar-refractivity contribution in [2.24, 2.45) is 11.1 Å². The number of rotatable bonds is 5. The van der Waals surface area contributed by atoms with E-state index in [2.05, 4.69) is 12.1 Å². The van der Waals surface area contributed by atoms with E-state index in [1.165, 1.54) is 12.3 Å². The minimum Gasteiger partial charge on any atom is -0.477 e. The molecule has 2 fully saturated rings. The van der Waals surface area contributed by atoms with Crippen LogP contribution in [0.15, 0.2) is 28.7 Å². The van der Waals surface area contributed by atoms with Crippen molar-refractivity contribution >= 4 is 22.6 Å². The Morgan fingerprint density at radius 3 is 2.88 bits per heavy atom. The van der Waals surface area contributed by atoms with E-state index in [-0.39, 0.29) is 34.9 Å². The van der Waals surface area contributed by atoms with Crippen molar-refractivity contribution in [1.82, 2.24) is 4.57 Å². The Bertz CT molecular complexity index is 1290. The van der Waals surface area contributed by atoms with Crippen molar-refractivity contribution in [3.05, 3.63) is 51.1 Å². The summed E-state index contributed by atoms with van der Waals surface area (Å²) in [6, 6.07) is 3.15. The molecule has 0 spiro atoms. The first kappa shape index (κ1) is 20.7. The minimum absolute atomic E-state index is 0.102. The van der Waals surface area contributed by atoms with Gasteiger partial charge in [0.25, 0.3) is 0 Å². The van der Waals surface area contributed by atoms with Gasteiger partial charge in [0.05, 0.1) is 23.7 Å². The van der Waals surface area contributed by atoms with Gasteiger partial charge >= 0.3 is 5.97 Å². The predicted molar refractivity (Wildman–Crippen MR) is 118 cm³/mol. The molecule has 32 heavy (non-hydrogen) atoms. The number of nitrogens with zero attached hydrogens (tertiary/aromatic N) is 3. The molecule has 2 unspecified atom stereocenters. The van der Waals surface area contributed by atoms with Gasteiger partial charge in [0.2, 0.25) is 5.43 Å². The molecule has 2 aliphatic carbocycles. The number of fused-ring (bicyclic) bond motifs is 2. The molecular weight excluding hydrogens is 411 g/mol. The van der Waals surface area contributed by atoms with Gasteiger partial charge in [0.1, 0.15) is 11.4 Å². The van der Waals surface area contributed by atoms with Gasteiger partial charge in [-0.25, -0.2) is 9.18 Å². The minimum atomic E-state index is -1.30. The Labute approximate surface area is 184 Å². The highest BCUT2D eigenvalue weighted by Gasteiger charge is 2.49. The summed E-state index contributed by atoms with van der Waals surface area (Å²) in [7, 11) is 0. The second kappa shape index (κ2) is 7.17. The molecule has 1 aromatic carbocycles. The fourth-order valence-corrected chi connectivity index (χ4v) is 5.72. The Morgan fingerprint density at radius 2 is 2.22 bits per heavy atom. The highest BCUT2D eigenvalue weighted by atomic mass is 19.1. The van der Waals surface area contributed by atoms with Gasteiger partial charge in [-0.2, -0.15) is 5.26 Å². The standard InChI is InChI=1S/C24H25FN4O3/c1-13-20-16(22(30)17(23(31)32)11-29(20)15-4-5-15)9-18(25)21(13)28-10-14-3-2-7-24(14,12-28)19(27)6-8-26/h3,9,11,15,19H,2,4-7,10,12,27H2,1H3,(H,31,32). The lowest BCUT2D eigenvalue weighted by Gasteiger charge is -2.33. The number of halogens is 1. The summed E-state index contributed by atoms with van der Waals surface area (Å²) in [5.41, 5.74) is 7.89. The lowest BCUT2D eigenvalue weighted by molar-refractivity contribution is 0.0695. The van der Waals surface area contributed by atoms with Gasteiger partial charge in [-0.05, 0) is 49.8 Å². The second-order valence-electron chi connectivity index (χ2n) is 9.29. The van der Waals surface area contributed by atoms with Crippen molar-refractivity contribution in [2.45, 2.75) is 51.1 Å². The van der Waals surface area contributed by atoms with Crippen molar-refractivity contribution in [2.75, 3.05) is 18.0 Å². The number of aromatic carboxylic acids is 1. The van der Waals surface area contributed by atoms with Crippen LogP contribution in [0.25, 0.3) is 10.9 Å². The number of carboxylic acid groups (broad SMARTS) is 1. The highest BCUT2D eigenvalue weighted by Crippen LogP contribution is 2.50. The van der Waals surface area contributed by atoms with E-state index in [1.807, 2.05) is 9.47 Å². The van der Waals surface area contributed by atoms with Crippen molar-refractivity contribution in [1.29, 1.82) is 5.26 Å². The average molecular weight is 436 g/mol. The molecule has 166 valence electrons. The van der Waals surface area contributed by atoms with Gasteiger partial charge in [-0.3, -0.25) is 4.79 Å². The number of hydrogen-bond donors (Lipinski definition) is 2. The molecule has 0 bridgehead atoms. The van der Waals surface area contributed by atoms with Crippen LogP contribution in [-0.2, 0) is 0 Å². The van der Waals surface area contributed by atoms with Crippen LogP contribution in [0, 0.1) is 29.5 Å². The van der Waals surface area contributed by atoms with Gasteiger partial charge < -0.3 is 20.3 Å². The van der Waals surface area contributed by atoms with E-state index in [4.69, 9.17) is 5.73 Å². The van der Waals surface area contributed by atoms with E-state index < -0.39 is 17.2 Å². The first-order chi connectivity index (χ1) is 15.3. The Balaban J connectivity index is 1.68. The third-order valence-electron chi connectivity index (χ3n) is 7.44. The van der Waals surface area contributed by atoms with Crippen molar-refractivity contribution in [3.8, 4) is 6.07 Å². The number of anilines is 1. The molecule has 5 rings (SSSR count). The SMILES string of the molecule is Cc1c(N2CC3=CCCC3(C(N)CC#N)C2)c(F)cc2c(=O)c(C(=O)O)cn(C3CC3)c12. The molecule has 1 aromatic heterocycles. The molecule has 1 saturated heterocycles. The first-order valence-corrected chi connectivity index (χ1v) is 11.0. The van der Waals surface area contributed by atoms with Crippen molar-refractivity contribution in [3.63, 3.8) is 0 Å². The third-order valence-corrected chi connectivity index (χ3v) is 7.44. The Kier molecular flexibility index (Phi) is 4.64. The van der Waals surface area contributed by atoms with E-state index in [9.17, 15) is 20.0 Å². The summed E-state index contributed by atoms with van der Waals surface area (Å²) in [5, 5.41) is 18.8. The molecule has 1 aliphatic heterocycles. The largest absolute Gasteiger partial charge is 0.477 e. The summed E-state index contributed by atoms with van der Waals surface area (Å²) >= 11 is 0. The number of hydrogen-bond acceptors (Lipinski definition) is 5. The number of carboxylic acids is 1. The second-order valence-corrected chi connectivity index (χ2v) is 9.29. The van der Waals surface area contributed by atoms with Crippen LogP contribution < -0.4 is 16.1 Å². The van der Waals surface area contributed by atoms with Gasteiger partial charge in [-0.1, -0.05) is 6.08 Å². The number of allylic oxidation sites excluding steroid dienone is 1. The lowest BCUT2D eigenvalue weighted by Crippen LogP contribution is -2.43. The number of aromatic nitrogens is 1. The summed E-state index contributed by atoms with van der Waals surface area (Å²) in [6.45, 7) is 2.85. The zero-order chi connectivity index (χ0) is 22.8. The first-order valence-electron chi connectivity index (χ1n) is 11.0. The zero-order valence-electron chi connectivity index (χ0n) is 17.9. The molecule has 3 aliphatic rings. The van der Waals surface area contributed by atoms with Gasteiger partial charge in [-0.15, -0.1) is 0 Å². The van der Waals surface area contributed by atoms with E-state index in [1.54, 1.807) is 6.92 Å². The van der Waals surface area contributed by atoms with Crippen LogP contribution in [0.3, 0.4) is 0 Å². The Morgan fingerprint density at radius 1 is 1.47 bits per heavy atom. The summed E-state index contributed by atoms with van der Waals surface area (Å²) in [6.07, 6.45) is 7.34. The van der Waals surface area contributed by atoms with Crippen LogP contribution in [0.4, 0.5) is 10.1 Å². The normalized spacial score (nSPS) is 23.2. The number of aryl methyl sites for hydroxylation is 1. The molecular formula is C24H25FN4O3. The van der Waals surface area contributed by atoms with E-state index in [0.717, 1.165) is 31.3 Å². The number of nitriles is 1. The topological polar surface area (TPSA) is 112 Å². The maximum Gasteiger partial charge on any atom is 0.341 e. The van der Waals surface area contributed by atoms with Crippen LogP contribution in [0.5, 0.6) is 0 Å². The molecule has 3 N–H and O–H groups in total. The molecule has 1 saturated carbocycles. The predicted octanol–water partition coefficient (Wildman–Crippen LogP) is 3.25. The quantitative estimate of drug-likeness (QED) is 0.696. The van der Waals surface area contributed by atoms with Crippen LogP contribution in [0.1, 0.15) is 54.1 Å². The van der Waals surface area contributed by atoms with Crippen molar-refractivity contribution < 1.29 is 14.3 Å². The summed E-state index contributed by atoms with van der Waals surface area (Å²) in [4.78, 5) is 26.4. The van der Waals surface area contributed by atoms with Crippen LogP contribution in [-0.4, -0.2) is 34.8 Å². The highest BCUT2D eigenvalue weighted by molar-refractivity contribution is 5.95. The van der Waals surface area contributed by atoms with Gasteiger partial charge in [0, 0.05) is 42.2 Å². The number of nitrogens with two attached hydrogens (primary N) is 1. The van der Waals surface area contributed by atoms with Crippen LogP contribution in [0.2, 0.25) is 0 Å². The van der Waals surface area contributed by atoms with E-state index in [0.29, 0.717) is 29.9 Å². The number of pyridine rings is 1. The van der Waals surface area contributed by atoms with Gasteiger partial charge in [0.15, 0.2) is 0 Å². The number of carbonyl (C=O) groups is 1. The molecule has 2 aromatic rings. The zero-order valence-corrected chi connectivity index (χ0v) is 17.9. The van der Waals surface area contributed by atoms with Crippen LogP contribution >= 0.6 is 0 Å². The molecule has 7 nitrogen and oxygen atoms in total. The third kappa shape index (κ3) is 2.88. The fraction of sp³-hybridized carbons (Fsp3) is 0.458. The maximum absolute atomic E-state index is 15.5. The summed E-state index contributed by atoms with van der Waals surface area (Å²) < 4.78 is 17.3. The molecule has 8 heteroatoms. The lowest BCUT2D eigenvalue weighted by atomic mass is 9.76. The summed E-state index contributed by atoms with van der Waals surface area (Å²) in [5.74, 6) is -1.84. The average Bonchev–Trinajstić information content (AvgIpc) is 3.40. The Hall–Kier alpha value is -3.18.